The number of halogens is 2. The van der Waals surface area contributed by atoms with Gasteiger partial charge in [0, 0.05) is 35.1 Å². The topological polar surface area (TPSA) is 77.6 Å². The second-order valence-corrected chi connectivity index (χ2v) is 8.52. The maximum absolute atomic E-state index is 13.6. The smallest absolute Gasteiger partial charge is 0.264 e. The van der Waals surface area contributed by atoms with Crippen LogP contribution in [0.1, 0.15) is 28.9 Å². The van der Waals surface area contributed by atoms with Crippen LogP contribution in [0.15, 0.2) is 72.9 Å². The molecule has 0 fully saturated rings. The number of carbonyl (C=O) groups is 1. The zero-order chi connectivity index (χ0) is 25.2. The van der Waals surface area contributed by atoms with Crippen molar-refractivity contribution in [3.8, 4) is 16.9 Å². The Morgan fingerprint density at radius 3 is 2.39 bits per heavy atom. The molecule has 0 unspecified atom stereocenters. The fourth-order valence-electron chi connectivity index (χ4n) is 4.28. The molecule has 0 aliphatic heterocycles. The fraction of sp³-hybridized carbons (Fsp3) is 0.185. The maximum atomic E-state index is 13.6. The summed E-state index contributed by atoms with van der Waals surface area (Å²) in [6.07, 6.45) is -0.762. The van der Waals surface area contributed by atoms with Crippen LogP contribution in [0.4, 0.5) is 8.78 Å². The van der Waals surface area contributed by atoms with Crippen molar-refractivity contribution in [2.24, 2.45) is 0 Å². The molecule has 36 heavy (non-hydrogen) atoms. The van der Waals surface area contributed by atoms with Crippen LogP contribution < -0.4 is 5.32 Å². The first-order valence-corrected chi connectivity index (χ1v) is 11.5. The number of aryl methyl sites for hydroxylation is 2. The van der Waals surface area contributed by atoms with E-state index in [-0.39, 0.29) is 30.2 Å². The number of alkyl halides is 2. The van der Waals surface area contributed by atoms with Gasteiger partial charge < -0.3 is 5.32 Å². The molecule has 3 heterocycles. The highest BCUT2D eigenvalue weighted by Crippen LogP contribution is 2.30. The first-order chi connectivity index (χ1) is 17.4. The van der Waals surface area contributed by atoms with Gasteiger partial charge in [0.25, 0.3) is 6.43 Å². The molecular formula is C27H24F2N6O. The van der Waals surface area contributed by atoms with E-state index in [2.05, 4.69) is 15.4 Å². The highest BCUT2D eigenvalue weighted by Gasteiger charge is 2.21. The van der Waals surface area contributed by atoms with Crippen LogP contribution in [0.5, 0.6) is 0 Å². The van der Waals surface area contributed by atoms with E-state index in [9.17, 15) is 13.6 Å². The number of aromatic nitrogens is 5. The van der Waals surface area contributed by atoms with Gasteiger partial charge in [-0.15, -0.1) is 0 Å². The van der Waals surface area contributed by atoms with Crippen LogP contribution in [0.2, 0.25) is 0 Å². The second-order valence-electron chi connectivity index (χ2n) is 8.52. The lowest BCUT2D eigenvalue weighted by Crippen LogP contribution is -2.27. The van der Waals surface area contributed by atoms with Gasteiger partial charge >= 0.3 is 0 Å². The predicted molar refractivity (Wildman–Crippen MR) is 133 cm³/mol. The Morgan fingerprint density at radius 2 is 1.69 bits per heavy atom. The van der Waals surface area contributed by atoms with Crippen LogP contribution in [-0.4, -0.2) is 30.5 Å². The van der Waals surface area contributed by atoms with Crippen molar-refractivity contribution in [1.29, 1.82) is 0 Å². The van der Waals surface area contributed by atoms with Gasteiger partial charge in [0.2, 0.25) is 5.91 Å². The van der Waals surface area contributed by atoms with E-state index in [0.29, 0.717) is 16.8 Å². The summed E-state index contributed by atoms with van der Waals surface area (Å²) in [4.78, 5) is 17.3. The lowest BCUT2D eigenvalue weighted by molar-refractivity contribution is -0.121. The van der Waals surface area contributed by atoms with Crippen LogP contribution in [0.25, 0.3) is 28.0 Å². The monoisotopic (exact) mass is 486 g/mol. The van der Waals surface area contributed by atoms with Crippen LogP contribution in [-0.2, 0) is 17.9 Å². The molecule has 0 saturated carbocycles. The minimum atomic E-state index is -2.66. The highest BCUT2D eigenvalue weighted by atomic mass is 19.3. The molecule has 0 atom stereocenters. The number of para-hydroxylation sites is 1. The van der Waals surface area contributed by atoms with E-state index in [4.69, 9.17) is 5.10 Å². The maximum Gasteiger partial charge on any atom is 0.264 e. The molecule has 0 bridgehead atoms. The van der Waals surface area contributed by atoms with Gasteiger partial charge in [-0.25, -0.2) is 23.1 Å². The molecule has 182 valence electrons. The molecule has 0 spiro atoms. The molecular weight excluding hydrogens is 462 g/mol. The molecule has 0 saturated heterocycles. The largest absolute Gasteiger partial charge is 0.350 e. The summed E-state index contributed by atoms with van der Waals surface area (Å²) in [6.45, 7) is 3.39. The number of nitrogens with one attached hydrogen (secondary N) is 1. The zero-order valence-electron chi connectivity index (χ0n) is 19.8. The van der Waals surface area contributed by atoms with Crippen molar-refractivity contribution >= 4 is 16.9 Å². The van der Waals surface area contributed by atoms with Gasteiger partial charge in [0.15, 0.2) is 5.65 Å². The molecule has 0 aliphatic rings. The summed E-state index contributed by atoms with van der Waals surface area (Å²) >= 11 is 0. The molecule has 2 aromatic carbocycles. The van der Waals surface area contributed by atoms with E-state index in [1.807, 2.05) is 66.9 Å². The van der Waals surface area contributed by atoms with E-state index in [0.717, 1.165) is 22.5 Å². The summed E-state index contributed by atoms with van der Waals surface area (Å²) in [5.41, 5.74) is 4.46. The van der Waals surface area contributed by atoms with Gasteiger partial charge in [-0.1, -0.05) is 48.5 Å². The number of hydrogen-bond donors (Lipinski definition) is 1. The Morgan fingerprint density at radius 1 is 1.00 bits per heavy atom. The predicted octanol–water partition coefficient (Wildman–Crippen LogP) is 5.15. The number of rotatable bonds is 7. The molecule has 7 nitrogen and oxygen atoms in total. The average molecular weight is 487 g/mol. The van der Waals surface area contributed by atoms with Crippen molar-refractivity contribution in [2.45, 2.75) is 33.4 Å². The van der Waals surface area contributed by atoms with Gasteiger partial charge in [0.1, 0.15) is 6.54 Å². The van der Waals surface area contributed by atoms with Crippen LogP contribution in [0.3, 0.4) is 0 Å². The lowest BCUT2D eigenvalue weighted by atomic mass is 10.1. The fourth-order valence-corrected chi connectivity index (χ4v) is 4.28. The number of amides is 1. The molecule has 5 aromatic rings. The molecule has 1 N–H and O–H groups in total. The van der Waals surface area contributed by atoms with Crippen molar-refractivity contribution < 1.29 is 13.6 Å². The Kier molecular flexibility index (Phi) is 6.28. The summed E-state index contributed by atoms with van der Waals surface area (Å²) in [5, 5.41) is 12.3. The molecule has 0 aliphatic carbocycles. The van der Waals surface area contributed by atoms with E-state index in [1.165, 1.54) is 10.7 Å². The minimum absolute atomic E-state index is 0.123. The Balaban J connectivity index is 1.40. The molecule has 5 rings (SSSR count). The van der Waals surface area contributed by atoms with E-state index < -0.39 is 6.43 Å². The third-order valence-corrected chi connectivity index (χ3v) is 5.90. The summed E-state index contributed by atoms with van der Waals surface area (Å²) in [6, 6.07) is 20.8. The molecule has 0 radical (unpaired) electrons. The quantitative estimate of drug-likeness (QED) is 0.345. The SMILES string of the molecule is Cc1cc(C(F)F)c2c(C)nn(CC(=O)NCc3cn(-c4ccccc4)nc3-c3ccccc3)c2n1. The third kappa shape index (κ3) is 4.59. The van der Waals surface area contributed by atoms with E-state index >= 15 is 0 Å². The number of hydrogen-bond acceptors (Lipinski definition) is 4. The Labute approximate surface area is 206 Å². The molecule has 9 heteroatoms. The Hall–Kier alpha value is -4.40. The first-order valence-electron chi connectivity index (χ1n) is 11.5. The number of nitrogens with zero attached hydrogens (tertiary/aromatic N) is 5. The number of fused-ring (bicyclic) bond motifs is 1. The third-order valence-electron chi connectivity index (χ3n) is 5.90. The highest BCUT2D eigenvalue weighted by molar-refractivity contribution is 5.84. The summed E-state index contributed by atoms with van der Waals surface area (Å²) in [7, 11) is 0. The number of benzene rings is 2. The Bertz CT molecular complexity index is 1530. The second kappa shape index (κ2) is 9.69. The summed E-state index contributed by atoms with van der Waals surface area (Å²) < 4.78 is 30.3. The van der Waals surface area contributed by atoms with Crippen molar-refractivity contribution in [3.63, 3.8) is 0 Å². The van der Waals surface area contributed by atoms with Crippen molar-refractivity contribution in [3.05, 3.63) is 95.4 Å². The van der Waals surface area contributed by atoms with Gasteiger partial charge in [-0.3, -0.25) is 4.79 Å². The van der Waals surface area contributed by atoms with Crippen LogP contribution in [0, 0.1) is 13.8 Å². The minimum Gasteiger partial charge on any atom is -0.350 e. The molecule has 1 amide bonds. The van der Waals surface area contributed by atoms with Crippen LogP contribution >= 0.6 is 0 Å². The number of carbonyl (C=O) groups excluding carboxylic acids is 1. The van der Waals surface area contributed by atoms with Crippen molar-refractivity contribution in [2.75, 3.05) is 0 Å². The zero-order valence-corrected chi connectivity index (χ0v) is 19.8. The van der Waals surface area contributed by atoms with E-state index in [1.54, 1.807) is 18.5 Å². The lowest BCUT2D eigenvalue weighted by Gasteiger charge is -2.08. The normalized spacial score (nSPS) is 11.4. The molecule has 3 aromatic heterocycles. The van der Waals surface area contributed by atoms with Gasteiger partial charge in [-0.2, -0.15) is 10.2 Å². The summed E-state index contributed by atoms with van der Waals surface area (Å²) in [5.74, 6) is -0.312. The van der Waals surface area contributed by atoms with Crippen molar-refractivity contribution in [1.82, 2.24) is 29.9 Å². The standard InChI is InChI=1S/C27H24F2N6O/c1-17-13-22(26(28)29)24-18(2)32-35(27(24)31-17)16-23(36)30-14-20-15-34(21-11-7-4-8-12-21)33-25(20)19-9-5-3-6-10-19/h3-13,15,26H,14,16H2,1-2H3,(H,30,36). The first kappa shape index (κ1) is 23.3. The van der Waals surface area contributed by atoms with Gasteiger partial charge in [-0.05, 0) is 32.0 Å². The average Bonchev–Trinajstić information content (AvgIpc) is 3.44. The van der Waals surface area contributed by atoms with Gasteiger partial charge in [0.05, 0.1) is 22.5 Å². The number of pyridine rings is 1.